The average molecular weight is 178 g/mol. The van der Waals surface area contributed by atoms with E-state index in [2.05, 4.69) is 0 Å². The second-order valence-electron chi connectivity index (χ2n) is 2.39. The maximum atomic E-state index is 10.3. The quantitative estimate of drug-likeness (QED) is 0.417. The van der Waals surface area contributed by atoms with E-state index in [1.807, 2.05) is 0 Å². The lowest BCUT2D eigenvalue weighted by molar-refractivity contribution is -0.164. The molecule has 0 saturated heterocycles. The summed E-state index contributed by atoms with van der Waals surface area (Å²) < 4.78 is 0. The van der Waals surface area contributed by atoms with Crippen molar-refractivity contribution in [2.45, 2.75) is 19.1 Å². The van der Waals surface area contributed by atoms with Crippen molar-refractivity contribution in [2.75, 3.05) is 0 Å². The second kappa shape index (κ2) is 4.03. The molecule has 0 rings (SSSR count). The lowest BCUT2D eigenvalue weighted by Gasteiger charge is -2.17. The van der Waals surface area contributed by atoms with E-state index in [0.29, 0.717) is 0 Å². The first kappa shape index (κ1) is 10.9. The van der Waals surface area contributed by atoms with Crippen molar-refractivity contribution >= 4 is 11.9 Å². The number of hydrogen-bond acceptors (Lipinski definition) is 4. The Morgan fingerprint density at radius 3 is 1.58 bits per heavy atom. The van der Waals surface area contributed by atoms with Gasteiger partial charge in [-0.1, -0.05) is 0 Å². The molecule has 0 aliphatic carbocycles. The molecule has 0 amide bonds. The maximum Gasteiger partial charge on any atom is 0.333 e. The number of carboxylic acid groups (broad SMARTS) is 2. The average Bonchev–Trinajstić information content (AvgIpc) is 1.85. The van der Waals surface area contributed by atoms with Gasteiger partial charge in [-0.15, -0.1) is 0 Å². The van der Waals surface area contributed by atoms with Crippen LogP contribution in [0.25, 0.3) is 0 Å². The summed E-state index contributed by atoms with van der Waals surface area (Å²) in [6.45, 7) is 1.10. The standard InChI is InChI=1S/C6H10O6/c1-2(7)3(5(9)10)4(8)6(11)12/h2-4,7-8H,1H3,(H,9,10)(H,11,12). The van der Waals surface area contributed by atoms with Crippen molar-refractivity contribution in [2.24, 2.45) is 5.92 Å². The Bertz CT molecular complexity index is 186. The highest BCUT2D eigenvalue weighted by molar-refractivity contribution is 5.81. The molecular weight excluding hydrogens is 168 g/mol. The molecule has 0 fully saturated rings. The Morgan fingerprint density at radius 2 is 1.50 bits per heavy atom. The molecule has 12 heavy (non-hydrogen) atoms. The number of carboxylic acids is 2. The molecule has 6 nitrogen and oxygen atoms in total. The van der Waals surface area contributed by atoms with Crippen LogP contribution in [0.2, 0.25) is 0 Å². The largest absolute Gasteiger partial charge is 0.481 e. The van der Waals surface area contributed by atoms with Gasteiger partial charge in [0.1, 0.15) is 5.92 Å². The molecule has 0 aromatic rings. The summed E-state index contributed by atoms with van der Waals surface area (Å²) in [4.78, 5) is 20.4. The van der Waals surface area contributed by atoms with Gasteiger partial charge in [0.05, 0.1) is 6.10 Å². The number of aliphatic hydroxyl groups excluding tert-OH is 2. The fraction of sp³-hybridized carbons (Fsp3) is 0.667. The molecule has 0 bridgehead atoms. The molecule has 0 heterocycles. The molecule has 0 saturated carbocycles. The third kappa shape index (κ3) is 2.48. The van der Waals surface area contributed by atoms with Gasteiger partial charge in [-0.25, -0.2) is 4.79 Å². The van der Waals surface area contributed by atoms with Crippen LogP contribution in [0.5, 0.6) is 0 Å². The van der Waals surface area contributed by atoms with Crippen molar-refractivity contribution in [3.05, 3.63) is 0 Å². The van der Waals surface area contributed by atoms with Crippen molar-refractivity contribution in [1.29, 1.82) is 0 Å². The van der Waals surface area contributed by atoms with Crippen LogP contribution < -0.4 is 0 Å². The molecule has 0 aromatic carbocycles. The zero-order chi connectivity index (χ0) is 9.89. The van der Waals surface area contributed by atoms with Gasteiger partial charge < -0.3 is 20.4 Å². The van der Waals surface area contributed by atoms with E-state index in [4.69, 9.17) is 20.4 Å². The smallest absolute Gasteiger partial charge is 0.333 e. The number of hydrogen-bond donors (Lipinski definition) is 4. The lowest BCUT2D eigenvalue weighted by Crippen LogP contribution is -2.41. The first-order valence-corrected chi connectivity index (χ1v) is 3.19. The lowest BCUT2D eigenvalue weighted by atomic mass is 9.97. The van der Waals surface area contributed by atoms with Crippen LogP contribution in [0.3, 0.4) is 0 Å². The number of rotatable bonds is 4. The van der Waals surface area contributed by atoms with Crippen LogP contribution in [0, 0.1) is 5.92 Å². The molecule has 0 radical (unpaired) electrons. The van der Waals surface area contributed by atoms with Crippen molar-refractivity contribution in [3.8, 4) is 0 Å². The first-order chi connectivity index (χ1) is 5.37. The zero-order valence-corrected chi connectivity index (χ0v) is 6.34. The number of aliphatic hydroxyl groups is 2. The van der Waals surface area contributed by atoms with Gasteiger partial charge in [-0.2, -0.15) is 0 Å². The topological polar surface area (TPSA) is 115 Å². The van der Waals surface area contributed by atoms with Gasteiger partial charge in [-0.3, -0.25) is 4.79 Å². The van der Waals surface area contributed by atoms with Crippen LogP contribution in [0.1, 0.15) is 6.92 Å². The van der Waals surface area contributed by atoms with Gasteiger partial charge in [0.25, 0.3) is 0 Å². The summed E-state index contributed by atoms with van der Waals surface area (Å²) in [6, 6.07) is 0. The van der Waals surface area contributed by atoms with Crippen molar-refractivity contribution < 1.29 is 30.0 Å². The summed E-state index contributed by atoms with van der Waals surface area (Å²) in [7, 11) is 0. The normalized spacial score (nSPS) is 17.9. The molecular formula is C6H10O6. The predicted molar refractivity (Wildman–Crippen MR) is 36.4 cm³/mol. The molecule has 3 atom stereocenters. The van der Waals surface area contributed by atoms with E-state index in [9.17, 15) is 9.59 Å². The summed E-state index contributed by atoms with van der Waals surface area (Å²) in [6.07, 6.45) is -3.49. The summed E-state index contributed by atoms with van der Waals surface area (Å²) >= 11 is 0. The fourth-order valence-electron chi connectivity index (χ4n) is 0.759. The molecule has 4 N–H and O–H groups in total. The number of carbonyl (C=O) groups is 2. The van der Waals surface area contributed by atoms with E-state index in [-0.39, 0.29) is 0 Å². The summed E-state index contributed by atoms with van der Waals surface area (Å²) in [5, 5.41) is 34.2. The third-order valence-electron chi connectivity index (χ3n) is 1.40. The highest BCUT2D eigenvalue weighted by atomic mass is 16.4. The van der Waals surface area contributed by atoms with Gasteiger partial charge >= 0.3 is 11.9 Å². The molecule has 6 heteroatoms. The SMILES string of the molecule is CC(O)C(C(=O)O)C(O)C(=O)O. The fourth-order valence-corrected chi connectivity index (χ4v) is 0.759. The number of aliphatic carboxylic acids is 2. The van der Waals surface area contributed by atoms with Crippen LogP contribution in [-0.4, -0.2) is 44.6 Å². The Kier molecular flexibility index (Phi) is 3.65. The minimum absolute atomic E-state index is 1.10. The third-order valence-corrected chi connectivity index (χ3v) is 1.40. The molecule has 70 valence electrons. The summed E-state index contributed by atoms with van der Waals surface area (Å²) in [5.74, 6) is -4.90. The Morgan fingerprint density at radius 1 is 1.08 bits per heavy atom. The highest BCUT2D eigenvalue weighted by Crippen LogP contribution is 2.09. The van der Waals surface area contributed by atoms with Gasteiger partial charge in [0.2, 0.25) is 0 Å². The van der Waals surface area contributed by atoms with Crippen molar-refractivity contribution in [3.63, 3.8) is 0 Å². The Balaban J connectivity index is 4.51. The molecule has 0 spiro atoms. The van der Waals surface area contributed by atoms with E-state index in [0.717, 1.165) is 6.92 Å². The molecule has 3 unspecified atom stereocenters. The zero-order valence-electron chi connectivity index (χ0n) is 6.34. The minimum Gasteiger partial charge on any atom is -0.481 e. The van der Waals surface area contributed by atoms with Crippen molar-refractivity contribution in [1.82, 2.24) is 0 Å². The monoisotopic (exact) mass is 178 g/mol. The van der Waals surface area contributed by atoms with Crippen LogP contribution >= 0.6 is 0 Å². The van der Waals surface area contributed by atoms with Gasteiger partial charge in [-0.05, 0) is 6.92 Å². The molecule has 0 aliphatic heterocycles. The Labute approximate surface area is 68.1 Å². The van der Waals surface area contributed by atoms with E-state index < -0.39 is 30.1 Å². The molecule has 0 aromatic heterocycles. The van der Waals surface area contributed by atoms with Crippen LogP contribution in [0.15, 0.2) is 0 Å². The van der Waals surface area contributed by atoms with E-state index in [1.165, 1.54) is 0 Å². The van der Waals surface area contributed by atoms with E-state index in [1.54, 1.807) is 0 Å². The predicted octanol–water partition coefficient (Wildman–Crippen LogP) is -1.49. The first-order valence-electron chi connectivity index (χ1n) is 3.19. The van der Waals surface area contributed by atoms with Crippen LogP contribution in [-0.2, 0) is 9.59 Å². The van der Waals surface area contributed by atoms with Crippen LogP contribution in [0.4, 0.5) is 0 Å². The minimum atomic E-state index is -2.08. The second-order valence-corrected chi connectivity index (χ2v) is 2.39. The van der Waals surface area contributed by atoms with Gasteiger partial charge in [0.15, 0.2) is 6.10 Å². The maximum absolute atomic E-state index is 10.3. The Hall–Kier alpha value is -1.14. The molecule has 0 aliphatic rings. The van der Waals surface area contributed by atoms with Gasteiger partial charge in [0, 0.05) is 0 Å². The summed E-state index contributed by atoms with van der Waals surface area (Å²) in [5.41, 5.74) is 0. The highest BCUT2D eigenvalue weighted by Gasteiger charge is 2.35. The van der Waals surface area contributed by atoms with E-state index >= 15 is 0 Å².